The number of halogens is 3. The molecule has 0 unspecified atom stereocenters. The predicted molar refractivity (Wildman–Crippen MR) is 115 cm³/mol. The fraction of sp³-hybridized carbons (Fsp3) is 0.667. The van der Waals surface area contributed by atoms with Crippen molar-refractivity contribution in [2.24, 2.45) is 0 Å². The van der Waals surface area contributed by atoms with Crippen LogP contribution >= 0.6 is 0 Å². The zero-order valence-electron chi connectivity index (χ0n) is 18.9. The molecule has 0 aromatic heterocycles. The van der Waals surface area contributed by atoms with Gasteiger partial charge >= 0.3 is 5.97 Å². The van der Waals surface area contributed by atoms with Crippen molar-refractivity contribution in [2.75, 3.05) is 20.2 Å². The molecular weight excluding hydrogens is 407 g/mol. The Kier molecular flexibility index (Phi) is 13.7. The van der Waals surface area contributed by atoms with Gasteiger partial charge < -0.3 is 9.64 Å². The molecule has 1 amide bonds. The molecule has 0 aliphatic rings. The van der Waals surface area contributed by atoms with Gasteiger partial charge in [-0.2, -0.15) is 0 Å². The molecule has 1 aromatic rings. The van der Waals surface area contributed by atoms with Gasteiger partial charge in [0.1, 0.15) is 6.54 Å². The minimum atomic E-state index is -1.71. The lowest BCUT2D eigenvalue weighted by molar-refractivity contribution is -0.144. The molecule has 0 heterocycles. The Labute approximate surface area is 184 Å². The summed E-state index contributed by atoms with van der Waals surface area (Å²) in [5, 5.41) is 0. The predicted octanol–water partition coefficient (Wildman–Crippen LogP) is 6.42. The number of likely N-dealkylation sites (N-methyl/N-ethyl adjacent to an activating group) is 1. The number of hydrogen-bond donors (Lipinski definition) is 0. The lowest BCUT2D eigenvalue weighted by Gasteiger charge is -2.17. The van der Waals surface area contributed by atoms with Crippen LogP contribution in [0.15, 0.2) is 12.1 Å². The Morgan fingerprint density at radius 2 is 1.32 bits per heavy atom. The van der Waals surface area contributed by atoms with Crippen LogP contribution in [0.1, 0.15) is 94.3 Å². The minimum Gasteiger partial charge on any atom is -0.464 e. The third-order valence-corrected chi connectivity index (χ3v) is 5.24. The standard InChI is InChI=1S/C24H36F3NO3/c1-3-4-5-6-7-8-9-10-11-12-13-14-17-31-21(29)18-28(2)24(30)19-15-16-20(25)23(27)22(19)26/h15-16H,3-14,17-18H2,1-2H3. The number of benzene rings is 1. The summed E-state index contributed by atoms with van der Waals surface area (Å²) < 4.78 is 45.1. The molecule has 0 N–H and O–H groups in total. The van der Waals surface area contributed by atoms with E-state index < -0.39 is 41.4 Å². The highest BCUT2D eigenvalue weighted by atomic mass is 19.2. The first-order valence-corrected chi connectivity index (χ1v) is 11.4. The van der Waals surface area contributed by atoms with Gasteiger partial charge in [0.2, 0.25) is 0 Å². The van der Waals surface area contributed by atoms with Crippen LogP contribution in [-0.2, 0) is 9.53 Å². The first-order chi connectivity index (χ1) is 14.9. The van der Waals surface area contributed by atoms with E-state index >= 15 is 0 Å². The van der Waals surface area contributed by atoms with Gasteiger partial charge in [-0.3, -0.25) is 9.59 Å². The van der Waals surface area contributed by atoms with Crippen LogP contribution < -0.4 is 0 Å². The molecule has 0 atom stereocenters. The molecule has 4 nitrogen and oxygen atoms in total. The first-order valence-electron chi connectivity index (χ1n) is 11.4. The maximum Gasteiger partial charge on any atom is 0.325 e. The van der Waals surface area contributed by atoms with Crippen molar-refractivity contribution in [2.45, 2.75) is 84.0 Å². The van der Waals surface area contributed by atoms with Crippen molar-refractivity contribution in [3.05, 3.63) is 35.1 Å². The number of ether oxygens (including phenoxy) is 1. The Morgan fingerprint density at radius 1 is 0.806 bits per heavy atom. The third kappa shape index (κ3) is 10.7. The maximum atomic E-state index is 13.7. The number of amides is 1. The lowest BCUT2D eigenvalue weighted by Crippen LogP contribution is -2.33. The largest absolute Gasteiger partial charge is 0.464 e. The molecule has 0 aliphatic carbocycles. The SMILES string of the molecule is CCCCCCCCCCCCCCOC(=O)CN(C)C(=O)c1ccc(F)c(F)c1F. The van der Waals surface area contributed by atoms with E-state index in [0.29, 0.717) is 6.07 Å². The van der Waals surface area contributed by atoms with Crippen molar-refractivity contribution in [3.63, 3.8) is 0 Å². The highest BCUT2D eigenvalue weighted by Crippen LogP contribution is 2.17. The van der Waals surface area contributed by atoms with Crippen molar-refractivity contribution in [1.29, 1.82) is 0 Å². The van der Waals surface area contributed by atoms with E-state index in [2.05, 4.69) is 6.92 Å². The molecule has 7 heteroatoms. The maximum absolute atomic E-state index is 13.7. The molecule has 1 aromatic carbocycles. The molecule has 0 spiro atoms. The normalized spacial score (nSPS) is 10.9. The van der Waals surface area contributed by atoms with Gasteiger partial charge in [-0.15, -0.1) is 0 Å². The summed E-state index contributed by atoms with van der Waals surface area (Å²) in [5.41, 5.74) is -0.629. The molecule has 0 saturated carbocycles. The quantitative estimate of drug-likeness (QED) is 0.168. The van der Waals surface area contributed by atoms with Crippen LogP contribution in [0.2, 0.25) is 0 Å². The van der Waals surface area contributed by atoms with Crippen LogP contribution in [0.3, 0.4) is 0 Å². The zero-order valence-corrected chi connectivity index (χ0v) is 18.9. The highest BCUT2D eigenvalue weighted by Gasteiger charge is 2.23. The monoisotopic (exact) mass is 443 g/mol. The van der Waals surface area contributed by atoms with Crippen molar-refractivity contribution >= 4 is 11.9 Å². The number of nitrogens with zero attached hydrogens (tertiary/aromatic N) is 1. The number of carbonyl (C=O) groups is 2. The summed E-state index contributed by atoms with van der Waals surface area (Å²) in [6.07, 6.45) is 14.5. The molecule has 176 valence electrons. The summed E-state index contributed by atoms with van der Waals surface area (Å²) in [7, 11) is 1.27. The smallest absolute Gasteiger partial charge is 0.325 e. The first kappa shape index (κ1) is 27.0. The Bertz CT molecular complexity index is 682. The fourth-order valence-electron chi connectivity index (χ4n) is 3.34. The van der Waals surface area contributed by atoms with Crippen LogP contribution in [0.5, 0.6) is 0 Å². The molecule has 0 fully saturated rings. The average Bonchev–Trinajstić information content (AvgIpc) is 2.75. The van der Waals surface area contributed by atoms with E-state index in [9.17, 15) is 22.8 Å². The van der Waals surface area contributed by atoms with Gasteiger partial charge in [0, 0.05) is 7.05 Å². The Morgan fingerprint density at radius 3 is 1.87 bits per heavy atom. The van der Waals surface area contributed by atoms with Gasteiger partial charge in [-0.25, -0.2) is 13.2 Å². The Hall–Kier alpha value is -2.05. The average molecular weight is 444 g/mol. The molecule has 0 radical (unpaired) electrons. The number of esters is 1. The number of rotatable bonds is 16. The summed E-state index contributed by atoms with van der Waals surface area (Å²) in [6.45, 7) is 2.09. The number of unbranched alkanes of at least 4 members (excludes halogenated alkanes) is 11. The topological polar surface area (TPSA) is 46.6 Å². The molecule has 1 rings (SSSR count). The van der Waals surface area contributed by atoms with Crippen molar-refractivity contribution in [1.82, 2.24) is 4.90 Å². The van der Waals surface area contributed by atoms with E-state index in [0.717, 1.165) is 30.2 Å². The molecule has 0 aliphatic heterocycles. The van der Waals surface area contributed by atoms with E-state index in [-0.39, 0.29) is 6.61 Å². The second-order valence-corrected chi connectivity index (χ2v) is 7.99. The number of hydrogen-bond acceptors (Lipinski definition) is 3. The van der Waals surface area contributed by atoms with E-state index in [1.165, 1.54) is 64.8 Å². The summed E-state index contributed by atoms with van der Waals surface area (Å²) in [6, 6.07) is 1.52. The van der Waals surface area contributed by atoms with Crippen LogP contribution in [0.25, 0.3) is 0 Å². The van der Waals surface area contributed by atoms with Gasteiger partial charge in [-0.1, -0.05) is 77.6 Å². The fourth-order valence-corrected chi connectivity index (χ4v) is 3.34. The second-order valence-electron chi connectivity index (χ2n) is 7.99. The van der Waals surface area contributed by atoms with Gasteiger partial charge in [0.25, 0.3) is 5.91 Å². The molecule has 31 heavy (non-hydrogen) atoms. The van der Waals surface area contributed by atoms with E-state index in [1.807, 2.05) is 0 Å². The Balaban J connectivity index is 2.10. The van der Waals surface area contributed by atoms with Gasteiger partial charge in [0.05, 0.1) is 12.2 Å². The second kappa shape index (κ2) is 15.7. The van der Waals surface area contributed by atoms with Crippen LogP contribution in [0, 0.1) is 17.5 Å². The summed E-state index contributed by atoms with van der Waals surface area (Å²) >= 11 is 0. The molecular formula is C24H36F3NO3. The van der Waals surface area contributed by atoms with Crippen LogP contribution in [-0.4, -0.2) is 37.0 Å². The number of carbonyl (C=O) groups excluding carboxylic acids is 2. The van der Waals surface area contributed by atoms with Crippen molar-refractivity contribution in [3.8, 4) is 0 Å². The molecule has 0 bridgehead atoms. The van der Waals surface area contributed by atoms with E-state index in [1.54, 1.807) is 0 Å². The molecule has 0 saturated heterocycles. The van der Waals surface area contributed by atoms with Crippen molar-refractivity contribution < 1.29 is 27.5 Å². The lowest BCUT2D eigenvalue weighted by atomic mass is 10.1. The van der Waals surface area contributed by atoms with E-state index in [4.69, 9.17) is 4.74 Å². The summed E-state index contributed by atoms with van der Waals surface area (Å²) in [5.74, 6) is -6.20. The van der Waals surface area contributed by atoms with Gasteiger partial charge in [0.15, 0.2) is 17.5 Å². The summed E-state index contributed by atoms with van der Waals surface area (Å²) in [4.78, 5) is 24.9. The van der Waals surface area contributed by atoms with Gasteiger partial charge in [-0.05, 0) is 18.6 Å². The zero-order chi connectivity index (χ0) is 23.1. The highest BCUT2D eigenvalue weighted by molar-refractivity contribution is 5.96. The van der Waals surface area contributed by atoms with Crippen LogP contribution in [0.4, 0.5) is 13.2 Å². The minimum absolute atomic E-state index is 0.262. The third-order valence-electron chi connectivity index (χ3n) is 5.24.